The minimum atomic E-state index is -5.05. The fourth-order valence-electron chi connectivity index (χ4n) is 3.31. The highest BCUT2D eigenvalue weighted by atomic mass is 32.1. The van der Waals surface area contributed by atoms with Crippen LogP contribution in [0.3, 0.4) is 0 Å². The smallest absolute Gasteiger partial charge is 0.374 e. The van der Waals surface area contributed by atoms with Gasteiger partial charge in [0.2, 0.25) is 11.5 Å². The number of halogens is 3. The topological polar surface area (TPSA) is 80.0 Å². The molecule has 1 amide bonds. The monoisotopic (exact) mass is 448 g/mol. The van der Waals surface area contributed by atoms with E-state index in [0.29, 0.717) is 23.2 Å². The number of amides is 1. The van der Waals surface area contributed by atoms with Gasteiger partial charge < -0.3 is 15.0 Å². The maximum atomic E-state index is 13.7. The van der Waals surface area contributed by atoms with E-state index in [9.17, 15) is 23.1 Å². The number of nitrogens with zero attached hydrogens (tertiary/aromatic N) is 3. The fourth-order valence-corrected chi connectivity index (χ4v) is 4.38. The normalized spacial score (nSPS) is 14.1. The van der Waals surface area contributed by atoms with Crippen LogP contribution >= 0.6 is 11.3 Å². The number of alkyl halides is 3. The van der Waals surface area contributed by atoms with Gasteiger partial charge in [-0.05, 0) is 30.7 Å². The van der Waals surface area contributed by atoms with Crippen LogP contribution in [-0.2, 0) is 16.9 Å². The Kier molecular flexibility index (Phi) is 5.67. The average molecular weight is 448 g/mol. The number of aromatic nitrogens is 3. The molecule has 0 saturated carbocycles. The summed E-state index contributed by atoms with van der Waals surface area (Å²) in [5.41, 5.74) is -1.21. The third kappa shape index (κ3) is 4.26. The quantitative estimate of drug-likeness (QED) is 0.419. The second kappa shape index (κ2) is 8.27. The first kappa shape index (κ1) is 21.3. The van der Waals surface area contributed by atoms with Crippen molar-refractivity contribution < 1.29 is 23.1 Å². The highest BCUT2D eigenvalue weighted by Gasteiger charge is 2.58. The van der Waals surface area contributed by atoms with Crippen molar-refractivity contribution in [3.63, 3.8) is 0 Å². The van der Waals surface area contributed by atoms with Crippen LogP contribution in [0.15, 0.2) is 54.9 Å². The summed E-state index contributed by atoms with van der Waals surface area (Å²) in [5, 5.41) is 12.4. The Morgan fingerprint density at radius 3 is 2.55 bits per heavy atom. The van der Waals surface area contributed by atoms with E-state index in [4.69, 9.17) is 0 Å². The Bertz CT molecular complexity index is 1190. The van der Waals surface area contributed by atoms with E-state index in [2.05, 4.69) is 15.3 Å². The molecule has 2 aromatic carbocycles. The van der Waals surface area contributed by atoms with Crippen molar-refractivity contribution in [1.82, 2.24) is 19.9 Å². The van der Waals surface area contributed by atoms with Crippen LogP contribution in [0.1, 0.15) is 17.8 Å². The number of hydrogen-bond acceptors (Lipinski definition) is 5. The van der Waals surface area contributed by atoms with Crippen molar-refractivity contribution in [2.45, 2.75) is 31.2 Å². The lowest BCUT2D eigenvalue weighted by atomic mass is 9.99. The number of imidazole rings is 1. The number of aryl methyl sites for hydroxylation is 1. The lowest BCUT2D eigenvalue weighted by Gasteiger charge is -2.27. The molecule has 31 heavy (non-hydrogen) atoms. The molecule has 0 saturated heterocycles. The number of hydrogen-bond donors (Lipinski definition) is 2. The van der Waals surface area contributed by atoms with E-state index in [1.807, 2.05) is 28.8 Å². The van der Waals surface area contributed by atoms with Crippen molar-refractivity contribution in [1.29, 1.82) is 0 Å². The Morgan fingerprint density at radius 1 is 1.10 bits per heavy atom. The third-order valence-electron chi connectivity index (χ3n) is 4.96. The Labute approximate surface area is 179 Å². The molecule has 0 aliphatic rings. The molecule has 0 radical (unpaired) electrons. The Hall–Kier alpha value is -2.98. The Balaban J connectivity index is 1.40. The first-order valence-corrected chi connectivity index (χ1v) is 10.4. The SMILES string of the molecule is O=C(CC(O)(c1nc2ccccc2s1)C(F)(F)F)NCCCn1cnc2ccccc21. The summed E-state index contributed by atoms with van der Waals surface area (Å²) in [6.07, 6.45) is -4.02. The van der Waals surface area contributed by atoms with Gasteiger partial charge in [0.15, 0.2) is 0 Å². The molecule has 4 rings (SSSR count). The zero-order valence-electron chi connectivity index (χ0n) is 16.3. The van der Waals surface area contributed by atoms with Crippen molar-refractivity contribution >= 4 is 38.5 Å². The molecule has 4 aromatic rings. The van der Waals surface area contributed by atoms with Crippen LogP contribution < -0.4 is 5.32 Å². The van der Waals surface area contributed by atoms with Gasteiger partial charge in [0, 0.05) is 13.1 Å². The fraction of sp³-hybridized carbons (Fsp3) is 0.286. The molecule has 0 spiro atoms. The molecule has 6 nitrogen and oxygen atoms in total. The van der Waals surface area contributed by atoms with Gasteiger partial charge in [-0.3, -0.25) is 4.79 Å². The molecular formula is C21H19F3N4O2S. The summed E-state index contributed by atoms with van der Waals surface area (Å²) in [4.78, 5) is 20.4. The van der Waals surface area contributed by atoms with Crippen LogP contribution in [0.4, 0.5) is 13.2 Å². The summed E-state index contributed by atoms with van der Waals surface area (Å²) < 4.78 is 43.6. The lowest BCUT2D eigenvalue weighted by molar-refractivity contribution is -0.267. The van der Waals surface area contributed by atoms with Crippen molar-refractivity contribution in [2.24, 2.45) is 0 Å². The first-order chi connectivity index (χ1) is 14.8. The third-order valence-corrected chi connectivity index (χ3v) is 6.15. The van der Waals surface area contributed by atoms with Crippen molar-refractivity contribution in [2.75, 3.05) is 6.54 Å². The van der Waals surface area contributed by atoms with Crippen LogP contribution in [0, 0.1) is 0 Å². The number of fused-ring (bicyclic) bond motifs is 2. The van der Waals surface area contributed by atoms with Crippen LogP contribution in [0.5, 0.6) is 0 Å². The standard InChI is InChI=1S/C21H19F3N4O2S/c22-21(23,24)20(30,19-27-15-7-2-4-9-17(15)31-19)12-18(29)25-10-5-11-28-13-26-14-6-1-3-8-16(14)28/h1-4,6-9,13,30H,5,10-12H2,(H,25,29). The molecule has 10 heteroatoms. The largest absolute Gasteiger partial charge is 0.424 e. The molecule has 0 bridgehead atoms. The number of nitrogens with one attached hydrogen (secondary N) is 1. The van der Waals surface area contributed by atoms with Gasteiger partial charge in [-0.2, -0.15) is 13.2 Å². The summed E-state index contributed by atoms with van der Waals surface area (Å²) in [7, 11) is 0. The zero-order chi connectivity index (χ0) is 22.1. The summed E-state index contributed by atoms with van der Waals surface area (Å²) in [6.45, 7) is 0.710. The number of benzene rings is 2. The highest BCUT2D eigenvalue weighted by Crippen LogP contribution is 2.44. The summed E-state index contributed by atoms with van der Waals surface area (Å²) >= 11 is 0.729. The summed E-state index contributed by atoms with van der Waals surface area (Å²) in [6, 6.07) is 14.1. The van der Waals surface area contributed by atoms with Gasteiger partial charge in [-0.1, -0.05) is 24.3 Å². The van der Waals surface area contributed by atoms with Crippen LogP contribution in [-0.4, -0.2) is 38.3 Å². The van der Waals surface area contributed by atoms with E-state index in [0.717, 1.165) is 22.4 Å². The number of thiazole rings is 1. The molecular weight excluding hydrogens is 429 g/mol. The maximum absolute atomic E-state index is 13.7. The van der Waals surface area contributed by atoms with E-state index in [1.54, 1.807) is 30.6 Å². The predicted octanol–water partition coefficient (Wildman–Crippen LogP) is 3.99. The van der Waals surface area contributed by atoms with Crippen molar-refractivity contribution in [3.8, 4) is 0 Å². The molecule has 2 N–H and O–H groups in total. The van der Waals surface area contributed by atoms with Crippen LogP contribution in [0.2, 0.25) is 0 Å². The van der Waals surface area contributed by atoms with Gasteiger partial charge in [-0.15, -0.1) is 11.3 Å². The number of carbonyl (C=O) groups is 1. The molecule has 2 heterocycles. The molecule has 1 atom stereocenters. The molecule has 0 aliphatic carbocycles. The van der Waals surface area contributed by atoms with E-state index in [-0.39, 0.29) is 6.54 Å². The highest BCUT2D eigenvalue weighted by molar-refractivity contribution is 7.18. The average Bonchev–Trinajstić information content (AvgIpc) is 3.35. The van der Waals surface area contributed by atoms with Crippen molar-refractivity contribution in [3.05, 3.63) is 59.9 Å². The number of aliphatic hydroxyl groups is 1. The number of para-hydroxylation sites is 3. The van der Waals surface area contributed by atoms with E-state index < -0.39 is 29.1 Å². The molecule has 162 valence electrons. The zero-order valence-corrected chi connectivity index (χ0v) is 17.1. The van der Waals surface area contributed by atoms with Gasteiger partial charge >= 0.3 is 6.18 Å². The maximum Gasteiger partial charge on any atom is 0.424 e. The lowest BCUT2D eigenvalue weighted by Crippen LogP contribution is -2.46. The van der Waals surface area contributed by atoms with E-state index in [1.165, 1.54) is 0 Å². The van der Waals surface area contributed by atoms with Gasteiger partial charge in [0.25, 0.3) is 0 Å². The molecule has 1 unspecified atom stereocenters. The predicted molar refractivity (Wildman–Crippen MR) is 112 cm³/mol. The van der Waals surface area contributed by atoms with Gasteiger partial charge in [0.1, 0.15) is 5.01 Å². The number of carbonyl (C=O) groups excluding carboxylic acids is 1. The van der Waals surface area contributed by atoms with E-state index >= 15 is 0 Å². The molecule has 0 aliphatic heterocycles. The van der Waals surface area contributed by atoms with Gasteiger partial charge in [-0.25, -0.2) is 9.97 Å². The first-order valence-electron chi connectivity index (χ1n) is 9.60. The minimum absolute atomic E-state index is 0.166. The van der Waals surface area contributed by atoms with Gasteiger partial charge in [0.05, 0.1) is 34.0 Å². The second-order valence-corrected chi connectivity index (χ2v) is 8.18. The Morgan fingerprint density at radius 2 is 1.81 bits per heavy atom. The second-order valence-electron chi connectivity index (χ2n) is 7.15. The molecule has 0 fully saturated rings. The summed E-state index contributed by atoms with van der Waals surface area (Å²) in [5.74, 6) is -0.894. The number of rotatable bonds is 7. The minimum Gasteiger partial charge on any atom is -0.374 e. The van der Waals surface area contributed by atoms with Crippen LogP contribution in [0.25, 0.3) is 21.3 Å². The molecule has 2 aromatic heterocycles.